The van der Waals surface area contributed by atoms with E-state index >= 15 is 0 Å². The summed E-state index contributed by atoms with van der Waals surface area (Å²) < 4.78 is 39.1. The van der Waals surface area contributed by atoms with Gasteiger partial charge < -0.3 is 10.2 Å². The van der Waals surface area contributed by atoms with Crippen molar-refractivity contribution in [3.8, 4) is 0 Å². The highest BCUT2D eigenvalue weighted by molar-refractivity contribution is 5.72. The first-order valence-electron chi connectivity index (χ1n) is 6.54. The molecule has 0 aliphatic rings. The van der Waals surface area contributed by atoms with E-state index in [0.29, 0.717) is 29.8 Å². The second kappa shape index (κ2) is 6.16. The minimum atomic E-state index is -4.62. The lowest BCUT2D eigenvalue weighted by atomic mass is 10.3. The van der Waals surface area contributed by atoms with Crippen LogP contribution in [0.4, 0.5) is 19.0 Å². The predicted molar refractivity (Wildman–Crippen MR) is 72.4 cm³/mol. The molecule has 0 aliphatic carbocycles. The van der Waals surface area contributed by atoms with E-state index in [0.717, 1.165) is 0 Å². The SMILES string of the molecule is CC(=O)NCCCN(C)c1ccc2nnc(C(F)(F)F)n2n1. The van der Waals surface area contributed by atoms with Crippen molar-refractivity contribution in [2.75, 3.05) is 25.0 Å². The monoisotopic (exact) mass is 316 g/mol. The molecule has 0 aliphatic heterocycles. The Morgan fingerprint density at radius 3 is 2.73 bits per heavy atom. The summed E-state index contributed by atoms with van der Waals surface area (Å²) in [6.45, 7) is 2.44. The Hall–Kier alpha value is -2.39. The Labute approximate surface area is 124 Å². The third kappa shape index (κ3) is 3.62. The Morgan fingerprint density at radius 1 is 1.36 bits per heavy atom. The fourth-order valence-electron chi connectivity index (χ4n) is 1.85. The molecule has 0 atom stereocenters. The Balaban J connectivity index is 2.12. The van der Waals surface area contributed by atoms with Crippen LogP contribution in [0.5, 0.6) is 0 Å². The molecule has 0 radical (unpaired) electrons. The Bertz CT molecular complexity index is 668. The van der Waals surface area contributed by atoms with Crippen molar-refractivity contribution in [3.05, 3.63) is 18.0 Å². The third-order valence-electron chi connectivity index (χ3n) is 2.94. The molecule has 1 N–H and O–H groups in total. The van der Waals surface area contributed by atoms with Crippen LogP contribution in [-0.4, -0.2) is 45.9 Å². The average Bonchev–Trinajstić information content (AvgIpc) is 2.85. The van der Waals surface area contributed by atoms with E-state index < -0.39 is 12.0 Å². The zero-order valence-electron chi connectivity index (χ0n) is 12.1. The zero-order chi connectivity index (χ0) is 16.3. The van der Waals surface area contributed by atoms with Crippen LogP contribution in [0.3, 0.4) is 0 Å². The van der Waals surface area contributed by atoms with Crippen molar-refractivity contribution in [1.29, 1.82) is 0 Å². The molecular weight excluding hydrogens is 301 g/mol. The molecule has 0 fully saturated rings. The minimum Gasteiger partial charge on any atom is -0.358 e. The fraction of sp³-hybridized carbons (Fsp3) is 0.500. The number of nitrogens with one attached hydrogen (secondary N) is 1. The van der Waals surface area contributed by atoms with Crippen molar-refractivity contribution >= 4 is 17.4 Å². The van der Waals surface area contributed by atoms with Crippen molar-refractivity contribution in [1.82, 2.24) is 25.1 Å². The molecule has 2 aromatic heterocycles. The van der Waals surface area contributed by atoms with Crippen LogP contribution in [0, 0.1) is 0 Å². The molecule has 0 saturated heterocycles. The van der Waals surface area contributed by atoms with Gasteiger partial charge in [-0.25, -0.2) is 0 Å². The van der Waals surface area contributed by atoms with Gasteiger partial charge in [-0.15, -0.1) is 15.3 Å². The summed E-state index contributed by atoms with van der Waals surface area (Å²) in [5, 5.41) is 13.1. The highest BCUT2D eigenvalue weighted by atomic mass is 19.4. The number of amides is 1. The average molecular weight is 316 g/mol. The second-order valence-corrected chi connectivity index (χ2v) is 4.74. The van der Waals surface area contributed by atoms with Gasteiger partial charge in [0.1, 0.15) is 5.82 Å². The summed E-state index contributed by atoms with van der Waals surface area (Å²) in [4.78, 5) is 12.4. The molecule has 10 heteroatoms. The molecular formula is C12H15F3N6O. The van der Waals surface area contributed by atoms with Crippen LogP contribution in [0.15, 0.2) is 12.1 Å². The summed E-state index contributed by atoms with van der Waals surface area (Å²) in [6, 6.07) is 3.00. The number of hydrogen-bond acceptors (Lipinski definition) is 5. The van der Waals surface area contributed by atoms with Crippen LogP contribution in [-0.2, 0) is 11.0 Å². The Kier molecular flexibility index (Phi) is 4.48. The van der Waals surface area contributed by atoms with E-state index in [9.17, 15) is 18.0 Å². The van der Waals surface area contributed by atoms with Gasteiger partial charge in [-0.05, 0) is 18.6 Å². The molecule has 2 rings (SSSR count). The van der Waals surface area contributed by atoms with Gasteiger partial charge in [0.05, 0.1) is 0 Å². The van der Waals surface area contributed by atoms with Crippen LogP contribution in [0.1, 0.15) is 19.2 Å². The highest BCUT2D eigenvalue weighted by Gasteiger charge is 2.37. The number of fused-ring (bicyclic) bond motifs is 1. The molecule has 0 spiro atoms. The van der Waals surface area contributed by atoms with Gasteiger partial charge in [0.2, 0.25) is 5.91 Å². The van der Waals surface area contributed by atoms with E-state index in [-0.39, 0.29) is 11.6 Å². The molecule has 1 amide bonds. The fourth-order valence-corrected chi connectivity index (χ4v) is 1.85. The van der Waals surface area contributed by atoms with Gasteiger partial charge in [0, 0.05) is 27.1 Å². The van der Waals surface area contributed by atoms with E-state index in [1.165, 1.54) is 13.0 Å². The van der Waals surface area contributed by atoms with Crippen molar-refractivity contribution in [2.45, 2.75) is 19.5 Å². The minimum absolute atomic E-state index is 0.0303. The normalized spacial score (nSPS) is 11.7. The third-order valence-corrected chi connectivity index (χ3v) is 2.94. The largest absolute Gasteiger partial charge is 0.453 e. The first-order valence-corrected chi connectivity index (χ1v) is 6.54. The van der Waals surface area contributed by atoms with E-state index in [2.05, 4.69) is 20.6 Å². The number of alkyl halides is 3. The predicted octanol–water partition coefficient (Wildman–Crippen LogP) is 1.11. The van der Waals surface area contributed by atoms with Crippen LogP contribution in [0.25, 0.3) is 5.65 Å². The Morgan fingerprint density at radius 2 is 2.09 bits per heavy atom. The lowest BCUT2D eigenvalue weighted by Gasteiger charge is -2.18. The number of hydrogen-bond donors (Lipinski definition) is 1. The van der Waals surface area contributed by atoms with Crippen LogP contribution >= 0.6 is 0 Å². The van der Waals surface area contributed by atoms with Gasteiger partial charge in [0.25, 0.3) is 5.82 Å². The molecule has 120 valence electrons. The van der Waals surface area contributed by atoms with Crippen LogP contribution < -0.4 is 10.2 Å². The summed E-state index contributed by atoms with van der Waals surface area (Å²) >= 11 is 0. The van der Waals surface area contributed by atoms with Crippen molar-refractivity contribution in [3.63, 3.8) is 0 Å². The van der Waals surface area contributed by atoms with Gasteiger partial charge in [-0.3, -0.25) is 4.79 Å². The molecule has 0 aromatic carbocycles. The summed E-state index contributed by atoms with van der Waals surface area (Å²) in [5.74, 6) is -0.918. The molecule has 2 heterocycles. The molecule has 0 unspecified atom stereocenters. The smallest absolute Gasteiger partial charge is 0.358 e. The van der Waals surface area contributed by atoms with Gasteiger partial charge in [-0.1, -0.05) is 0 Å². The maximum absolute atomic E-state index is 12.8. The maximum atomic E-state index is 12.8. The lowest BCUT2D eigenvalue weighted by molar-refractivity contribution is -0.146. The quantitative estimate of drug-likeness (QED) is 0.836. The number of aromatic nitrogens is 4. The van der Waals surface area contributed by atoms with Crippen molar-refractivity contribution < 1.29 is 18.0 Å². The number of carbonyl (C=O) groups excluding carboxylic acids is 1. The number of halogens is 3. The molecule has 0 bridgehead atoms. The zero-order valence-corrected chi connectivity index (χ0v) is 12.1. The number of rotatable bonds is 5. The summed E-state index contributed by atoms with van der Waals surface area (Å²) in [5.41, 5.74) is 0.0303. The van der Waals surface area contributed by atoms with E-state index in [4.69, 9.17) is 0 Å². The first kappa shape index (κ1) is 16.0. The molecule has 2 aromatic rings. The lowest BCUT2D eigenvalue weighted by Crippen LogP contribution is -2.27. The topological polar surface area (TPSA) is 75.4 Å². The van der Waals surface area contributed by atoms with E-state index in [1.54, 1.807) is 18.0 Å². The summed E-state index contributed by atoms with van der Waals surface area (Å²) in [7, 11) is 1.71. The number of carbonyl (C=O) groups is 1. The molecule has 0 saturated carbocycles. The van der Waals surface area contributed by atoms with Crippen LogP contribution in [0.2, 0.25) is 0 Å². The van der Waals surface area contributed by atoms with Gasteiger partial charge in [0.15, 0.2) is 5.65 Å². The highest BCUT2D eigenvalue weighted by Crippen LogP contribution is 2.27. The maximum Gasteiger partial charge on any atom is 0.453 e. The molecule has 22 heavy (non-hydrogen) atoms. The number of nitrogens with zero attached hydrogens (tertiary/aromatic N) is 5. The number of anilines is 1. The van der Waals surface area contributed by atoms with Gasteiger partial charge >= 0.3 is 6.18 Å². The second-order valence-electron chi connectivity index (χ2n) is 4.74. The van der Waals surface area contributed by atoms with Gasteiger partial charge in [-0.2, -0.15) is 17.7 Å². The van der Waals surface area contributed by atoms with E-state index in [1.807, 2.05) is 0 Å². The summed E-state index contributed by atoms with van der Waals surface area (Å²) in [6.07, 6.45) is -3.97. The molecule has 7 nitrogen and oxygen atoms in total. The first-order chi connectivity index (χ1) is 10.3. The standard InChI is InChI=1S/C12H15F3N6O/c1-8(22)16-6-3-7-20(2)10-5-4-9-17-18-11(12(13,14)15)21(9)19-10/h4-5H,3,6-7H2,1-2H3,(H,16,22). The van der Waals surface area contributed by atoms with Crippen molar-refractivity contribution in [2.24, 2.45) is 0 Å².